The van der Waals surface area contributed by atoms with Gasteiger partial charge in [0.05, 0.1) is 0 Å². The maximum atomic E-state index is 3.61. The molecule has 1 saturated carbocycles. The van der Waals surface area contributed by atoms with Crippen LogP contribution in [0.3, 0.4) is 0 Å². The second-order valence-corrected chi connectivity index (χ2v) is 6.70. The van der Waals surface area contributed by atoms with Gasteiger partial charge in [-0.1, -0.05) is 13.8 Å². The lowest BCUT2D eigenvalue weighted by atomic mass is 9.78. The molecular weight excluding hydrogens is 196 g/mol. The number of hydrogen-bond donors (Lipinski definition) is 1. The van der Waals surface area contributed by atoms with E-state index in [1.807, 2.05) is 0 Å². The highest BCUT2D eigenvalue weighted by Gasteiger charge is 2.33. The van der Waals surface area contributed by atoms with Gasteiger partial charge in [0, 0.05) is 31.2 Å². The summed E-state index contributed by atoms with van der Waals surface area (Å²) in [4.78, 5) is 2.74. The topological polar surface area (TPSA) is 15.3 Å². The smallest absolute Gasteiger partial charge is 0.0252 e. The summed E-state index contributed by atoms with van der Waals surface area (Å²) in [5.41, 5.74) is 0.310. The van der Waals surface area contributed by atoms with E-state index >= 15 is 0 Å². The van der Waals surface area contributed by atoms with Gasteiger partial charge in [0.2, 0.25) is 0 Å². The van der Waals surface area contributed by atoms with E-state index < -0.39 is 0 Å². The number of nitrogens with zero attached hydrogens (tertiary/aromatic N) is 1. The zero-order valence-corrected chi connectivity index (χ0v) is 11.4. The lowest BCUT2D eigenvalue weighted by molar-refractivity contribution is 0.0621. The van der Waals surface area contributed by atoms with Crippen molar-refractivity contribution in [1.29, 1.82) is 0 Å². The summed E-state index contributed by atoms with van der Waals surface area (Å²) in [6.07, 6.45) is 4.26. The SMILES string of the molecule is CC1CCC(N2CCNC(C)(C)C2)CC1C. The van der Waals surface area contributed by atoms with Crippen LogP contribution in [-0.4, -0.2) is 36.1 Å². The molecule has 0 radical (unpaired) electrons. The molecule has 3 unspecified atom stereocenters. The first kappa shape index (κ1) is 12.4. The van der Waals surface area contributed by atoms with Gasteiger partial charge in [-0.25, -0.2) is 0 Å². The highest BCUT2D eigenvalue weighted by molar-refractivity contribution is 4.91. The molecule has 1 heterocycles. The zero-order chi connectivity index (χ0) is 11.8. The largest absolute Gasteiger partial charge is 0.309 e. The van der Waals surface area contributed by atoms with Crippen LogP contribution in [0.2, 0.25) is 0 Å². The van der Waals surface area contributed by atoms with Crippen molar-refractivity contribution in [3.8, 4) is 0 Å². The van der Waals surface area contributed by atoms with Gasteiger partial charge < -0.3 is 5.32 Å². The van der Waals surface area contributed by atoms with Gasteiger partial charge in [-0.2, -0.15) is 0 Å². The molecule has 16 heavy (non-hydrogen) atoms. The van der Waals surface area contributed by atoms with E-state index in [-0.39, 0.29) is 0 Å². The maximum Gasteiger partial charge on any atom is 0.0252 e. The molecule has 1 N–H and O–H groups in total. The number of rotatable bonds is 1. The standard InChI is InChI=1S/C14H28N2/c1-11-5-6-13(9-12(11)2)16-8-7-15-14(3,4)10-16/h11-13,15H,5-10H2,1-4H3. The minimum atomic E-state index is 0.310. The summed E-state index contributed by atoms with van der Waals surface area (Å²) in [5, 5.41) is 3.61. The molecule has 2 aliphatic rings. The molecule has 3 atom stereocenters. The Bertz CT molecular complexity index is 237. The molecule has 2 nitrogen and oxygen atoms in total. The van der Waals surface area contributed by atoms with Crippen molar-refractivity contribution in [1.82, 2.24) is 10.2 Å². The van der Waals surface area contributed by atoms with Crippen molar-refractivity contribution < 1.29 is 0 Å². The highest BCUT2D eigenvalue weighted by Crippen LogP contribution is 2.32. The van der Waals surface area contributed by atoms with Crippen LogP contribution in [0, 0.1) is 11.8 Å². The molecule has 1 aliphatic carbocycles. The number of hydrogen-bond acceptors (Lipinski definition) is 2. The number of nitrogens with one attached hydrogen (secondary N) is 1. The van der Waals surface area contributed by atoms with Crippen molar-refractivity contribution in [3.63, 3.8) is 0 Å². The van der Waals surface area contributed by atoms with Crippen LogP contribution in [0.15, 0.2) is 0 Å². The number of piperazine rings is 1. The predicted molar refractivity (Wildman–Crippen MR) is 69.6 cm³/mol. The van der Waals surface area contributed by atoms with Crippen molar-refractivity contribution in [2.24, 2.45) is 11.8 Å². The second-order valence-electron chi connectivity index (χ2n) is 6.70. The first-order valence-corrected chi connectivity index (χ1v) is 6.97. The molecule has 0 aromatic heterocycles. The van der Waals surface area contributed by atoms with E-state index in [1.165, 1.54) is 32.4 Å². The summed E-state index contributed by atoms with van der Waals surface area (Å²) >= 11 is 0. The minimum absolute atomic E-state index is 0.310. The fourth-order valence-corrected chi connectivity index (χ4v) is 3.34. The van der Waals surface area contributed by atoms with Crippen LogP contribution in [0.5, 0.6) is 0 Å². The Morgan fingerprint density at radius 2 is 1.88 bits per heavy atom. The summed E-state index contributed by atoms with van der Waals surface area (Å²) < 4.78 is 0. The van der Waals surface area contributed by atoms with Crippen molar-refractivity contribution in [2.75, 3.05) is 19.6 Å². The molecule has 0 amide bonds. The summed E-state index contributed by atoms with van der Waals surface area (Å²) in [5.74, 6) is 1.85. The molecule has 2 fully saturated rings. The Balaban J connectivity index is 1.92. The van der Waals surface area contributed by atoms with Gasteiger partial charge in [-0.05, 0) is 44.9 Å². The molecule has 0 aromatic carbocycles. The van der Waals surface area contributed by atoms with Crippen LogP contribution < -0.4 is 5.32 Å². The van der Waals surface area contributed by atoms with Gasteiger partial charge in [0.1, 0.15) is 0 Å². The monoisotopic (exact) mass is 224 g/mol. The zero-order valence-electron chi connectivity index (χ0n) is 11.4. The van der Waals surface area contributed by atoms with E-state index in [0.717, 1.165) is 24.4 Å². The van der Waals surface area contributed by atoms with E-state index in [4.69, 9.17) is 0 Å². The average molecular weight is 224 g/mol. The van der Waals surface area contributed by atoms with Gasteiger partial charge in [0.15, 0.2) is 0 Å². The van der Waals surface area contributed by atoms with Crippen LogP contribution >= 0.6 is 0 Å². The molecule has 94 valence electrons. The Kier molecular flexibility index (Phi) is 3.60. The first-order chi connectivity index (χ1) is 7.48. The average Bonchev–Trinajstić information content (AvgIpc) is 2.20. The maximum absolute atomic E-state index is 3.61. The Hall–Kier alpha value is -0.0800. The Morgan fingerprint density at radius 1 is 1.12 bits per heavy atom. The molecule has 1 saturated heterocycles. The lowest BCUT2D eigenvalue weighted by Gasteiger charge is -2.46. The van der Waals surface area contributed by atoms with Crippen molar-refractivity contribution in [3.05, 3.63) is 0 Å². The lowest BCUT2D eigenvalue weighted by Crippen LogP contribution is -2.60. The van der Waals surface area contributed by atoms with E-state index in [9.17, 15) is 0 Å². The van der Waals surface area contributed by atoms with Crippen LogP contribution in [0.1, 0.15) is 47.0 Å². The molecule has 2 rings (SSSR count). The molecule has 1 aliphatic heterocycles. The van der Waals surface area contributed by atoms with Crippen molar-refractivity contribution >= 4 is 0 Å². The quantitative estimate of drug-likeness (QED) is 0.736. The van der Waals surface area contributed by atoms with Crippen LogP contribution in [0.4, 0.5) is 0 Å². The van der Waals surface area contributed by atoms with Gasteiger partial charge in [0.25, 0.3) is 0 Å². The normalized spacial score (nSPS) is 40.9. The molecular formula is C14H28N2. The fraction of sp³-hybridized carbons (Fsp3) is 1.00. The Morgan fingerprint density at radius 3 is 2.50 bits per heavy atom. The summed E-state index contributed by atoms with van der Waals surface area (Å²) in [6.45, 7) is 13.1. The predicted octanol–water partition coefficient (Wildman–Crippen LogP) is 2.49. The summed E-state index contributed by atoms with van der Waals surface area (Å²) in [6, 6.07) is 0.854. The van der Waals surface area contributed by atoms with Crippen LogP contribution in [-0.2, 0) is 0 Å². The van der Waals surface area contributed by atoms with E-state index in [1.54, 1.807) is 0 Å². The Labute approximate surface area is 101 Å². The highest BCUT2D eigenvalue weighted by atomic mass is 15.2. The third-order valence-electron chi connectivity index (χ3n) is 4.69. The second kappa shape index (κ2) is 4.66. The molecule has 2 heteroatoms. The third kappa shape index (κ3) is 2.78. The van der Waals surface area contributed by atoms with Crippen molar-refractivity contribution in [2.45, 2.75) is 58.5 Å². The van der Waals surface area contributed by atoms with E-state index in [0.29, 0.717) is 5.54 Å². The molecule has 0 bridgehead atoms. The molecule has 0 spiro atoms. The van der Waals surface area contributed by atoms with Gasteiger partial charge in [-0.15, -0.1) is 0 Å². The van der Waals surface area contributed by atoms with Crippen LogP contribution in [0.25, 0.3) is 0 Å². The minimum Gasteiger partial charge on any atom is -0.309 e. The third-order valence-corrected chi connectivity index (χ3v) is 4.69. The van der Waals surface area contributed by atoms with E-state index in [2.05, 4.69) is 37.9 Å². The molecule has 0 aromatic rings. The fourth-order valence-electron chi connectivity index (χ4n) is 3.34. The summed E-state index contributed by atoms with van der Waals surface area (Å²) in [7, 11) is 0. The first-order valence-electron chi connectivity index (χ1n) is 6.97. The van der Waals surface area contributed by atoms with Gasteiger partial charge in [-0.3, -0.25) is 4.90 Å². The van der Waals surface area contributed by atoms with Gasteiger partial charge >= 0.3 is 0 Å².